The molecule has 1 aliphatic rings. The van der Waals surface area contributed by atoms with Crippen LogP contribution in [0.15, 0.2) is 29.2 Å². The van der Waals surface area contributed by atoms with Crippen LogP contribution in [0.4, 0.5) is 5.69 Å². The third-order valence-corrected chi connectivity index (χ3v) is 4.56. The number of hydrogen-bond acceptors (Lipinski definition) is 5. The molecular weight excluding hydrogens is 340 g/mol. The molecule has 0 radical (unpaired) electrons. The van der Waals surface area contributed by atoms with Crippen LogP contribution in [0.2, 0.25) is 0 Å². The fraction of sp³-hybridized carbons (Fsp3) is 0.389. The molecule has 0 aromatic heterocycles. The van der Waals surface area contributed by atoms with Crippen LogP contribution in [0, 0.1) is 5.92 Å². The van der Waals surface area contributed by atoms with E-state index in [1.807, 2.05) is 13.8 Å². The molecule has 1 aromatic rings. The second kappa shape index (κ2) is 8.31. The summed E-state index contributed by atoms with van der Waals surface area (Å²) in [5.74, 6) is -0.290. The second-order valence-electron chi connectivity index (χ2n) is 6.15. The average Bonchev–Trinajstić information content (AvgIpc) is 2.77. The number of imide groups is 1. The van der Waals surface area contributed by atoms with Crippen LogP contribution in [0.3, 0.4) is 0 Å². The molecule has 0 unspecified atom stereocenters. The molecule has 0 spiro atoms. The van der Waals surface area contributed by atoms with Crippen molar-refractivity contribution in [3.8, 4) is 0 Å². The van der Waals surface area contributed by atoms with Gasteiger partial charge in [0, 0.05) is 24.9 Å². The Morgan fingerprint density at radius 2 is 1.84 bits per heavy atom. The summed E-state index contributed by atoms with van der Waals surface area (Å²) in [6, 6.07) is 6.82. The van der Waals surface area contributed by atoms with Gasteiger partial charge in [-0.05, 0) is 23.6 Å². The van der Waals surface area contributed by atoms with E-state index in [1.165, 1.54) is 23.6 Å². The number of aliphatic hydroxyl groups is 1. The molecule has 2 rings (SSSR count). The molecule has 6 nitrogen and oxygen atoms in total. The number of benzene rings is 1. The fourth-order valence-corrected chi connectivity index (χ4v) is 3.42. The Hall–Kier alpha value is -2.12. The summed E-state index contributed by atoms with van der Waals surface area (Å²) in [4.78, 5) is 38.2. The van der Waals surface area contributed by atoms with E-state index in [-0.39, 0.29) is 30.2 Å². The first-order valence-corrected chi connectivity index (χ1v) is 9.05. The van der Waals surface area contributed by atoms with Gasteiger partial charge < -0.3 is 10.4 Å². The number of carbonyl (C=O) groups is 3. The van der Waals surface area contributed by atoms with Gasteiger partial charge in [-0.15, -0.1) is 11.8 Å². The summed E-state index contributed by atoms with van der Waals surface area (Å²) < 4.78 is 0. The minimum atomic E-state index is -0.314. The summed E-state index contributed by atoms with van der Waals surface area (Å²) in [5, 5.41) is 11.7. The zero-order chi connectivity index (χ0) is 18.6. The standard InChI is InChI=1S/C18H22N2O4S/c1-11(2)10-20-17(23)15(16(18(20)24)25-9-8-21)13-4-6-14(7-5-13)19-12(3)22/h4-7,11,21H,8-10H2,1-3H3,(H,19,22). The zero-order valence-corrected chi connectivity index (χ0v) is 15.4. The second-order valence-corrected chi connectivity index (χ2v) is 7.25. The summed E-state index contributed by atoms with van der Waals surface area (Å²) in [7, 11) is 0. The lowest BCUT2D eigenvalue weighted by Gasteiger charge is -2.17. The van der Waals surface area contributed by atoms with Gasteiger partial charge in [0.1, 0.15) is 0 Å². The predicted octanol–water partition coefficient (Wildman–Crippen LogP) is 2.11. The minimum absolute atomic E-state index is 0.0748. The molecule has 0 aliphatic carbocycles. The summed E-state index contributed by atoms with van der Waals surface area (Å²) in [6.45, 7) is 5.59. The molecule has 1 aromatic carbocycles. The van der Waals surface area contributed by atoms with Crippen LogP contribution in [0.1, 0.15) is 26.3 Å². The topological polar surface area (TPSA) is 86.7 Å². The maximum absolute atomic E-state index is 12.8. The lowest BCUT2D eigenvalue weighted by atomic mass is 10.1. The highest BCUT2D eigenvalue weighted by molar-refractivity contribution is 8.04. The van der Waals surface area contributed by atoms with E-state index in [4.69, 9.17) is 5.11 Å². The van der Waals surface area contributed by atoms with Crippen molar-refractivity contribution in [2.24, 2.45) is 5.92 Å². The quantitative estimate of drug-likeness (QED) is 0.726. The molecule has 0 saturated heterocycles. The van der Waals surface area contributed by atoms with E-state index in [0.717, 1.165) is 0 Å². The predicted molar refractivity (Wildman–Crippen MR) is 98.8 cm³/mol. The molecule has 0 atom stereocenters. The molecule has 2 N–H and O–H groups in total. The number of nitrogens with zero attached hydrogens (tertiary/aromatic N) is 1. The first kappa shape index (κ1) is 19.2. The maximum Gasteiger partial charge on any atom is 0.267 e. The first-order chi connectivity index (χ1) is 11.8. The van der Waals surface area contributed by atoms with Crippen molar-refractivity contribution < 1.29 is 19.5 Å². The number of aliphatic hydroxyl groups excluding tert-OH is 1. The number of thioether (sulfide) groups is 1. The summed E-state index contributed by atoms with van der Waals surface area (Å²) in [6.07, 6.45) is 0. The van der Waals surface area contributed by atoms with Crippen LogP contribution in [0.25, 0.3) is 5.57 Å². The van der Waals surface area contributed by atoms with Crippen molar-refractivity contribution in [3.05, 3.63) is 34.7 Å². The van der Waals surface area contributed by atoms with E-state index < -0.39 is 0 Å². The van der Waals surface area contributed by atoms with Crippen molar-refractivity contribution in [1.29, 1.82) is 0 Å². The molecule has 0 bridgehead atoms. The molecular formula is C18H22N2O4S. The molecule has 1 heterocycles. The Bertz CT molecular complexity index is 710. The minimum Gasteiger partial charge on any atom is -0.396 e. The Morgan fingerprint density at radius 3 is 2.36 bits per heavy atom. The summed E-state index contributed by atoms with van der Waals surface area (Å²) in [5.41, 5.74) is 1.61. The lowest BCUT2D eigenvalue weighted by molar-refractivity contribution is -0.137. The smallest absolute Gasteiger partial charge is 0.267 e. The molecule has 1 aliphatic heterocycles. The number of rotatable bonds is 7. The van der Waals surface area contributed by atoms with Gasteiger partial charge in [0.05, 0.1) is 17.1 Å². The van der Waals surface area contributed by atoms with Gasteiger partial charge >= 0.3 is 0 Å². The molecule has 134 valence electrons. The highest BCUT2D eigenvalue weighted by Gasteiger charge is 2.39. The van der Waals surface area contributed by atoms with Crippen molar-refractivity contribution in [2.75, 3.05) is 24.2 Å². The normalized spacial score (nSPS) is 14.7. The Balaban J connectivity index is 2.38. The Labute approximate surface area is 151 Å². The third-order valence-electron chi connectivity index (χ3n) is 3.50. The van der Waals surface area contributed by atoms with E-state index in [2.05, 4.69) is 5.32 Å². The largest absolute Gasteiger partial charge is 0.396 e. The lowest BCUT2D eigenvalue weighted by Crippen LogP contribution is -2.34. The highest BCUT2D eigenvalue weighted by atomic mass is 32.2. The van der Waals surface area contributed by atoms with Gasteiger partial charge in [0.25, 0.3) is 11.8 Å². The first-order valence-electron chi connectivity index (χ1n) is 8.07. The van der Waals surface area contributed by atoms with Gasteiger partial charge in [-0.2, -0.15) is 0 Å². The number of amides is 3. The highest BCUT2D eigenvalue weighted by Crippen LogP contribution is 2.36. The summed E-state index contributed by atoms with van der Waals surface area (Å²) >= 11 is 1.19. The van der Waals surface area contributed by atoms with Gasteiger partial charge in [0.2, 0.25) is 5.91 Å². The SMILES string of the molecule is CC(=O)Nc1ccc(C2=C(SCCO)C(=O)N(CC(C)C)C2=O)cc1. The van der Waals surface area contributed by atoms with Gasteiger partial charge in [-0.3, -0.25) is 19.3 Å². The van der Waals surface area contributed by atoms with Crippen LogP contribution >= 0.6 is 11.8 Å². The maximum atomic E-state index is 12.8. The Kier molecular flexibility index (Phi) is 6.39. The Morgan fingerprint density at radius 1 is 1.20 bits per heavy atom. The number of anilines is 1. The van der Waals surface area contributed by atoms with Crippen LogP contribution in [0.5, 0.6) is 0 Å². The average molecular weight is 362 g/mol. The van der Waals surface area contributed by atoms with E-state index >= 15 is 0 Å². The third kappa shape index (κ3) is 4.49. The van der Waals surface area contributed by atoms with Gasteiger partial charge in [-0.1, -0.05) is 26.0 Å². The van der Waals surface area contributed by atoms with Gasteiger partial charge in [-0.25, -0.2) is 0 Å². The zero-order valence-electron chi connectivity index (χ0n) is 14.5. The van der Waals surface area contributed by atoms with Crippen LogP contribution < -0.4 is 5.32 Å². The van der Waals surface area contributed by atoms with Crippen molar-refractivity contribution in [3.63, 3.8) is 0 Å². The van der Waals surface area contributed by atoms with E-state index in [0.29, 0.717) is 34.0 Å². The molecule has 0 fully saturated rings. The number of nitrogens with one attached hydrogen (secondary N) is 1. The van der Waals surface area contributed by atoms with E-state index in [1.54, 1.807) is 24.3 Å². The van der Waals surface area contributed by atoms with Crippen molar-refractivity contribution in [2.45, 2.75) is 20.8 Å². The van der Waals surface area contributed by atoms with Gasteiger partial charge in [0.15, 0.2) is 0 Å². The fourth-order valence-electron chi connectivity index (χ4n) is 2.54. The van der Waals surface area contributed by atoms with Crippen molar-refractivity contribution in [1.82, 2.24) is 4.90 Å². The number of hydrogen-bond donors (Lipinski definition) is 2. The monoisotopic (exact) mass is 362 g/mol. The molecule has 7 heteroatoms. The molecule has 0 saturated carbocycles. The molecule has 3 amide bonds. The van der Waals surface area contributed by atoms with Crippen LogP contribution in [-0.4, -0.2) is 46.6 Å². The van der Waals surface area contributed by atoms with E-state index in [9.17, 15) is 14.4 Å². The van der Waals surface area contributed by atoms with Crippen molar-refractivity contribution >= 4 is 40.7 Å². The van der Waals surface area contributed by atoms with Crippen LogP contribution in [-0.2, 0) is 14.4 Å². The molecule has 25 heavy (non-hydrogen) atoms. The number of carbonyl (C=O) groups excluding carboxylic acids is 3.